The first-order chi connectivity index (χ1) is 7.00. The molecule has 1 atom stereocenters. The Hall–Kier alpha value is -1.23. The van der Waals surface area contributed by atoms with Crippen LogP contribution in [0.4, 0.5) is 5.69 Å². The van der Waals surface area contributed by atoms with Crippen LogP contribution in [0, 0.1) is 0 Å². The molecule has 5 heteroatoms. The molecular formula is C10H10BrNO3. The van der Waals surface area contributed by atoms with Crippen molar-refractivity contribution < 1.29 is 15.0 Å². The van der Waals surface area contributed by atoms with Crippen molar-refractivity contribution in [1.29, 1.82) is 0 Å². The molecule has 0 bridgehead atoms. The molecule has 0 amide bonds. The van der Waals surface area contributed by atoms with Gasteiger partial charge in [-0.1, -0.05) is 0 Å². The fourth-order valence-electron chi connectivity index (χ4n) is 1.73. The highest BCUT2D eigenvalue weighted by atomic mass is 79.9. The molecule has 1 aliphatic heterocycles. The number of phenolic OH excluding ortho intramolecular Hbond substituents is 2. The largest absolute Gasteiger partial charge is 0.507 e. The van der Waals surface area contributed by atoms with Gasteiger partial charge < -0.3 is 15.5 Å². The average Bonchev–Trinajstić information content (AvgIpc) is 2.12. The maximum atomic E-state index is 11.7. The summed E-state index contributed by atoms with van der Waals surface area (Å²) in [5.74, 6) is -0.384. The molecule has 0 saturated heterocycles. The van der Waals surface area contributed by atoms with Gasteiger partial charge in [0.2, 0.25) is 0 Å². The minimum Gasteiger partial charge on any atom is -0.507 e. The predicted molar refractivity (Wildman–Crippen MR) is 59.5 cm³/mol. The van der Waals surface area contributed by atoms with E-state index in [2.05, 4.69) is 21.2 Å². The van der Waals surface area contributed by atoms with Crippen LogP contribution in [0.3, 0.4) is 0 Å². The van der Waals surface area contributed by atoms with Crippen LogP contribution in [0.1, 0.15) is 23.7 Å². The second kappa shape index (κ2) is 3.41. The summed E-state index contributed by atoms with van der Waals surface area (Å²) in [6, 6.07) is 1.17. The maximum Gasteiger partial charge on any atom is 0.170 e. The summed E-state index contributed by atoms with van der Waals surface area (Å²) in [7, 11) is 0. The Kier molecular flexibility index (Phi) is 2.34. The van der Waals surface area contributed by atoms with Gasteiger partial charge in [-0.3, -0.25) is 4.79 Å². The average molecular weight is 272 g/mol. The summed E-state index contributed by atoms with van der Waals surface area (Å²) in [6.45, 7) is 1.87. The van der Waals surface area contributed by atoms with Crippen LogP contribution in [0.25, 0.3) is 0 Å². The molecule has 15 heavy (non-hydrogen) atoms. The van der Waals surface area contributed by atoms with E-state index in [1.54, 1.807) is 0 Å². The number of ketones is 1. The van der Waals surface area contributed by atoms with E-state index in [-0.39, 0.29) is 28.9 Å². The zero-order chi connectivity index (χ0) is 11.2. The second-order valence-corrected chi connectivity index (χ2v) is 4.44. The number of carbonyl (C=O) groups is 1. The lowest BCUT2D eigenvalue weighted by molar-refractivity contribution is 0.0972. The molecule has 1 aromatic rings. The Labute approximate surface area is 95.1 Å². The first kappa shape index (κ1) is 10.3. The van der Waals surface area contributed by atoms with Crippen LogP contribution < -0.4 is 5.32 Å². The highest BCUT2D eigenvalue weighted by Gasteiger charge is 2.28. The van der Waals surface area contributed by atoms with Crippen molar-refractivity contribution >= 4 is 27.4 Å². The minimum absolute atomic E-state index is 0.00231. The van der Waals surface area contributed by atoms with Gasteiger partial charge in [-0.05, 0) is 22.9 Å². The Balaban J connectivity index is 2.69. The van der Waals surface area contributed by atoms with Gasteiger partial charge in [-0.25, -0.2) is 0 Å². The zero-order valence-electron chi connectivity index (χ0n) is 8.04. The van der Waals surface area contributed by atoms with Gasteiger partial charge in [0.15, 0.2) is 5.78 Å². The molecule has 80 valence electrons. The molecule has 0 aliphatic carbocycles. The van der Waals surface area contributed by atoms with Gasteiger partial charge >= 0.3 is 0 Å². The monoisotopic (exact) mass is 271 g/mol. The lowest BCUT2D eigenvalue weighted by Crippen LogP contribution is -2.26. The third kappa shape index (κ3) is 1.56. The number of hydrogen-bond donors (Lipinski definition) is 3. The molecule has 3 N–H and O–H groups in total. The Morgan fingerprint density at radius 1 is 1.47 bits per heavy atom. The molecule has 4 nitrogen and oxygen atoms in total. The molecule has 1 aromatic carbocycles. The molecule has 2 rings (SSSR count). The van der Waals surface area contributed by atoms with Gasteiger partial charge in [-0.2, -0.15) is 0 Å². The highest BCUT2D eigenvalue weighted by Crippen LogP contribution is 2.43. The number of rotatable bonds is 0. The molecule has 0 fully saturated rings. The first-order valence-electron chi connectivity index (χ1n) is 4.55. The van der Waals surface area contributed by atoms with E-state index >= 15 is 0 Å². The third-order valence-corrected chi connectivity index (χ3v) is 3.19. The number of phenols is 2. The number of carbonyl (C=O) groups excluding carboxylic acids is 1. The molecule has 1 unspecified atom stereocenters. The Morgan fingerprint density at radius 2 is 2.13 bits per heavy atom. The summed E-state index contributed by atoms with van der Waals surface area (Å²) < 4.78 is 0.412. The van der Waals surface area contributed by atoms with E-state index in [9.17, 15) is 15.0 Å². The fraction of sp³-hybridized carbons (Fsp3) is 0.300. The molecule has 0 spiro atoms. The van der Waals surface area contributed by atoms with Crippen molar-refractivity contribution in [2.45, 2.75) is 19.4 Å². The molecule has 0 saturated carbocycles. The van der Waals surface area contributed by atoms with Crippen molar-refractivity contribution in [3.63, 3.8) is 0 Å². The molecule has 1 aliphatic rings. The van der Waals surface area contributed by atoms with Crippen LogP contribution in [0.15, 0.2) is 10.5 Å². The maximum absolute atomic E-state index is 11.7. The quantitative estimate of drug-likeness (QED) is 0.677. The molecule has 0 aromatic heterocycles. The van der Waals surface area contributed by atoms with E-state index in [0.717, 1.165) is 0 Å². The number of Topliss-reactive ketones (excluding diaryl/α,β-unsaturated/α-hetero) is 1. The van der Waals surface area contributed by atoms with Crippen molar-refractivity contribution in [3.05, 3.63) is 16.1 Å². The van der Waals surface area contributed by atoms with Gasteiger partial charge in [0.1, 0.15) is 11.5 Å². The van der Waals surface area contributed by atoms with Crippen LogP contribution in [0.2, 0.25) is 0 Å². The van der Waals surface area contributed by atoms with E-state index in [4.69, 9.17) is 0 Å². The predicted octanol–water partition coefficient (Wildman–Crippen LogP) is 2.25. The zero-order valence-corrected chi connectivity index (χ0v) is 9.63. The lowest BCUT2D eigenvalue weighted by atomic mass is 9.96. The first-order valence-corrected chi connectivity index (χ1v) is 5.34. The summed E-state index contributed by atoms with van der Waals surface area (Å²) >= 11 is 3.18. The van der Waals surface area contributed by atoms with Crippen molar-refractivity contribution in [2.75, 3.05) is 5.32 Å². The number of nitrogens with one attached hydrogen (secondary N) is 1. The van der Waals surface area contributed by atoms with E-state index in [0.29, 0.717) is 16.6 Å². The van der Waals surface area contributed by atoms with E-state index in [1.165, 1.54) is 6.07 Å². The SMILES string of the molecule is CC1CC(=O)c2c(O)cc(O)c(Br)c2N1. The van der Waals surface area contributed by atoms with E-state index in [1.807, 2.05) is 6.92 Å². The molecule has 0 radical (unpaired) electrons. The lowest BCUT2D eigenvalue weighted by Gasteiger charge is -2.25. The number of halogens is 1. The normalized spacial score (nSPS) is 19.6. The van der Waals surface area contributed by atoms with Gasteiger partial charge in [0, 0.05) is 18.5 Å². The summed E-state index contributed by atoms with van der Waals surface area (Å²) in [5, 5.41) is 22.1. The fourth-order valence-corrected chi connectivity index (χ4v) is 2.15. The molecule has 1 heterocycles. The topological polar surface area (TPSA) is 69.6 Å². The highest BCUT2D eigenvalue weighted by molar-refractivity contribution is 9.10. The number of aromatic hydroxyl groups is 2. The third-order valence-electron chi connectivity index (χ3n) is 2.39. The van der Waals surface area contributed by atoms with Crippen molar-refractivity contribution in [2.24, 2.45) is 0 Å². The smallest absolute Gasteiger partial charge is 0.170 e. The van der Waals surface area contributed by atoms with Crippen LogP contribution >= 0.6 is 15.9 Å². The number of hydrogen-bond acceptors (Lipinski definition) is 4. The standard InChI is InChI=1S/C10H10BrNO3/c1-4-2-5(13)8-6(14)3-7(15)9(11)10(8)12-4/h3-4,12,14-15H,2H2,1H3. The Bertz CT molecular complexity index is 445. The van der Waals surface area contributed by atoms with Gasteiger partial charge in [0.05, 0.1) is 15.7 Å². The van der Waals surface area contributed by atoms with Gasteiger partial charge in [0.25, 0.3) is 0 Å². The van der Waals surface area contributed by atoms with Crippen molar-refractivity contribution in [1.82, 2.24) is 0 Å². The number of fused-ring (bicyclic) bond motifs is 1. The summed E-state index contributed by atoms with van der Waals surface area (Å²) in [4.78, 5) is 11.7. The number of anilines is 1. The Morgan fingerprint density at radius 3 is 2.80 bits per heavy atom. The van der Waals surface area contributed by atoms with Gasteiger partial charge in [-0.15, -0.1) is 0 Å². The van der Waals surface area contributed by atoms with Crippen LogP contribution in [0.5, 0.6) is 11.5 Å². The summed E-state index contributed by atoms with van der Waals surface area (Å²) in [6.07, 6.45) is 0.345. The van der Waals surface area contributed by atoms with Crippen LogP contribution in [-0.4, -0.2) is 22.0 Å². The minimum atomic E-state index is -0.185. The van der Waals surface area contributed by atoms with Crippen LogP contribution in [-0.2, 0) is 0 Å². The van der Waals surface area contributed by atoms with Crippen molar-refractivity contribution in [3.8, 4) is 11.5 Å². The second-order valence-electron chi connectivity index (χ2n) is 3.65. The molecular weight excluding hydrogens is 262 g/mol. The number of benzene rings is 1. The van der Waals surface area contributed by atoms with E-state index < -0.39 is 0 Å². The summed E-state index contributed by atoms with van der Waals surface area (Å²) in [5.41, 5.74) is 0.717.